The molecule has 0 spiro atoms. The normalized spacial score (nSPS) is 9.65. The van der Waals surface area contributed by atoms with Crippen molar-refractivity contribution < 1.29 is 39.9 Å². The van der Waals surface area contributed by atoms with Gasteiger partial charge in [0.15, 0.2) is 0 Å². The van der Waals surface area contributed by atoms with Crippen molar-refractivity contribution in [1.29, 1.82) is 0 Å². The van der Waals surface area contributed by atoms with Crippen molar-refractivity contribution in [2.75, 3.05) is 6.61 Å². The van der Waals surface area contributed by atoms with Crippen LogP contribution >= 0.6 is 0 Å². The molecule has 8 nitrogen and oxygen atoms in total. The van der Waals surface area contributed by atoms with Crippen molar-refractivity contribution >= 4 is 17.9 Å². The highest BCUT2D eigenvalue weighted by molar-refractivity contribution is 5.63. The van der Waals surface area contributed by atoms with E-state index in [1.807, 2.05) is 0 Å². The molecule has 0 aromatic rings. The Bertz CT molecular complexity index is 238. The molecule has 1 atom stereocenters. The van der Waals surface area contributed by atoms with Gasteiger partial charge in [-0.2, -0.15) is 0 Å². The van der Waals surface area contributed by atoms with Crippen LogP contribution in [0.5, 0.6) is 0 Å². The molecule has 0 aliphatic rings. The molecule has 0 aromatic carbocycles. The predicted octanol–water partition coefficient (Wildman–Crippen LogP) is 1.97. The number of hydrogen-bond donors (Lipinski definition) is 5. The van der Waals surface area contributed by atoms with E-state index in [4.69, 9.17) is 34.8 Å². The lowest BCUT2D eigenvalue weighted by Gasteiger charge is -2.07. The van der Waals surface area contributed by atoms with Crippen molar-refractivity contribution in [3.63, 3.8) is 0 Å². The average molecular weight is 340 g/mol. The quantitative estimate of drug-likeness (QED) is 0.441. The van der Waals surface area contributed by atoms with Gasteiger partial charge in [0.1, 0.15) is 0 Å². The zero-order valence-corrected chi connectivity index (χ0v) is 14.5. The fourth-order valence-corrected chi connectivity index (χ4v) is 1.10. The second-order valence-corrected chi connectivity index (χ2v) is 4.57. The van der Waals surface area contributed by atoms with E-state index < -0.39 is 17.9 Å². The SMILES string of the molecule is CC(=O)O.CC(=O)O.CC(=O)O.CCCCCCC(O)CCO. The summed E-state index contributed by atoms with van der Waals surface area (Å²) in [5, 5.41) is 39.9. The zero-order valence-electron chi connectivity index (χ0n) is 14.5. The maximum atomic E-state index is 9.19. The zero-order chi connectivity index (χ0) is 19.3. The van der Waals surface area contributed by atoms with Gasteiger partial charge in [-0.05, 0) is 12.8 Å². The van der Waals surface area contributed by atoms with E-state index in [1.54, 1.807) is 0 Å². The molecular formula is C15H32O8. The van der Waals surface area contributed by atoms with Crippen LogP contribution in [0.15, 0.2) is 0 Å². The third-order valence-electron chi connectivity index (χ3n) is 1.85. The van der Waals surface area contributed by atoms with Crippen molar-refractivity contribution in [3.05, 3.63) is 0 Å². The first-order valence-corrected chi connectivity index (χ1v) is 7.38. The Kier molecular flexibility index (Phi) is 32.3. The Hall–Kier alpha value is -1.67. The minimum atomic E-state index is -0.833. The van der Waals surface area contributed by atoms with Crippen LogP contribution in [0.2, 0.25) is 0 Å². The third kappa shape index (κ3) is 127. The molecule has 0 amide bonds. The van der Waals surface area contributed by atoms with E-state index in [9.17, 15) is 5.11 Å². The van der Waals surface area contributed by atoms with E-state index >= 15 is 0 Å². The van der Waals surface area contributed by atoms with Crippen LogP contribution in [0.3, 0.4) is 0 Å². The minimum Gasteiger partial charge on any atom is -0.481 e. The molecule has 0 aromatic heterocycles. The van der Waals surface area contributed by atoms with Gasteiger partial charge >= 0.3 is 0 Å². The van der Waals surface area contributed by atoms with Crippen LogP contribution in [0.1, 0.15) is 66.2 Å². The Morgan fingerprint density at radius 3 is 1.39 bits per heavy atom. The molecule has 140 valence electrons. The second kappa shape index (κ2) is 25.3. The first-order valence-electron chi connectivity index (χ1n) is 7.38. The van der Waals surface area contributed by atoms with Crippen LogP contribution in [0, 0.1) is 0 Å². The van der Waals surface area contributed by atoms with Crippen molar-refractivity contribution in [2.45, 2.75) is 72.3 Å². The molecule has 1 unspecified atom stereocenters. The highest BCUT2D eigenvalue weighted by atomic mass is 16.4. The maximum absolute atomic E-state index is 9.19. The van der Waals surface area contributed by atoms with Crippen molar-refractivity contribution in [1.82, 2.24) is 0 Å². The number of carboxylic acid groups (broad SMARTS) is 3. The van der Waals surface area contributed by atoms with Crippen LogP contribution in [-0.2, 0) is 14.4 Å². The third-order valence-corrected chi connectivity index (χ3v) is 1.85. The number of carbonyl (C=O) groups is 3. The molecule has 0 rings (SSSR count). The molecule has 0 aliphatic heterocycles. The van der Waals surface area contributed by atoms with Crippen LogP contribution in [0.4, 0.5) is 0 Å². The van der Waals surface area contributed by atoms with Crippen molar-refractivity contribution in [3.8, 4) is 0 Å². The molecule has 0 radical (unpaired) electrons. The molecule has 23 heavy (non-hydrogen) atoms. The number of unbranched alkanes of at least 4 members (excludes halogenated alkanes) is 3. The minimum absolute atomic E-state index is 0.106. The van der Waals surface area contributed by atoms with Gasteiger partial charge < -0.3 is 25.5 Å². The summed E-state index contributed by atoms with van der Waals surface area (Å²) in [7, 11) is 0. The molecule has 0 heterocycles. The Morgan fingerprint density at radius 1 is 0.783 bits per heavy atom. The first-order chi connectivity index (χ1) is 10.5. The van der Waals surface area contributed by atoms with Gasteiger partial charge in [0, 0.05) is 27.4 Å². The number of aliphatic carboxylic acids is 3. The molecule has 5 N–H and O–H groups in total. The number of aliphatic hydroxyl groups is 2. The first kappa shape index (κ1) is 29.4. The number of hydrogen-bond acceptors (Lipinski definition) is 5. The number of aliphatic hydroxyl groups excluding tert-OH is 2. The number of rotatable bonds is 7. The summed E-state index contributed by atoms with van der Waals surface area (Å²) < 4.78 is 0. The summed E-state index contributed by atoms with van der Waals surface area (Å²) in [4.78, 5) is 27.0. The van der Waals surface area contributed by atoms with Gasteiger partial charge in [0.2, 0.25) is 0 Å². The summed E-state index contributed by atoms with van der Waals surface area (Å²) in [5.74, 6) is -2.50. The molecule has 0 saturated heterocycles. The summed E-state index contributed by atoms with van der Waals surface area (Å²) in [6.07, 6.45) is 5.89. The van der Waals surface area contributed by atoms with Gasteiger partial charge in [-0.3, -0.25) is 14.4 Å². The Morgan fingerprint density at radius 2 is 1.13 bits per heavy atom. The second-order valence-electron chi connectivity index (χ2n) is 4.57. The van der Waals surface area contributed by atoms with Crippen LogP contribution < -0.4 is 0 Å². The summed E-state index contributed by atoms with van der Waals surface area (Å²) in [6, 6.07) is 0. The van der Waals surface area contributed by atoms with E-state index in [1.165, 1.54) is 19.3 Å². The maximum Gasteiger partial charge on any atom is 0.300 e. The lowest BCUT2D eigenvalue weighted by molar-refractivity contribution is -0.135. The molecular weight excluding hydrogens is 308 g/mol. The van der Waals surface area contributed by atoms with Gasteiger partial charge in [-0.1, -0.05) is 32.6 Å². The van der Waals surface area contributed by atoms with Gasteiger partial charge in [-0.25, -0.2) is 0 Å². The highest BCUT2D eigenvalue weighted by Crippen LogP contribution is 2.07. The summed E-state index contributed by atoms with van der Waals surface area (Å²) in [6.45, 7) is 5.53. The summed E-state index contributed by atoms with van der Waals surface area (Å²) >= 11 is 0. The molecule has 0 saturated carbocycles. The monoisotopic (exact) mass is 340 g/mol. The molecule has 8 heteroatoms. The number of carboxylic acids is 3. The van der Waals surface area contributed by atoms with Gasteiger partial charge in [0.25, 0.3) is 17.9 Å². The van der Waals surface area contributed by atoms with E-state index in [0.29, 0.717) is 6.42 Å². The standard InChI is InChI=1S/C9H20O2.3C2H4O2/c1-2-3-4-5-6-9(11)7-8-10;3*1-2(3)4/h9-11H,2-8H2,1H3;3*1H3,(H,3,4). The Labute approximate surface area is 137 Å². The molecule has 0 aliphatic carbocycles. The largest absolute Gasteiger partial charge is 0.481 e. The van der Waals surface area contributed by atoms with Gasteiger partial charge in [-0.15, -0.1) is 0 Å². The fraction of sp³-hybridized carbons (Fsp3) is 0.800. The lowest BCUT2D eigenvalue weighted by atomic mass is 10.1. The van der Waals surface area contributed by atoms with Crippen molar-refractivity contribution in [2.24, 2.45) is 0 Å². The summed E-state index contributed by atoms with van der Waals surface area (Å²) in [5.41, 5.74) is 0. The van der Waals surface area contributed by atoms with Crippen LogP contribution in [0.25, 0.3) is 0 Å². The molecule has 0 fully saturated rings. The Balaban J connectivity index is -0.000000124. The average Bonchev–Trinajstić information content (AvgIpc) is 2.33. The smallest absolute Gasteiger partial charge is 0.300 e. The van der Waals surface area contributed by atoms with E-state index in [2.05, 4.69) is 6.92 Å². The molecule has 0 bridgehead atoms. The van der Waals surface area contributed by atoms with Gasteiger partial charge in [0.05, 0.1) is 6.10 Å². The van der Waals surface area contributed by atoms with Crippen LogP contribution in [-0.4, -0.2) is 56.2 Å². The fourth-order valence-electron chi connectivity index (χ4n) is 1.10. The lowest BCUT2D eigenvalue weighted by Crippen LogP contribution is -2.08. The highest BCUT2D eigenvalue weighted by Gasteiger charge is 2.01. The van der Waals surface area contributed by atoms with E-state index in [0.717, 1.165) is 33.6 Å². The predicted molar refractivity (Wildman–Crippen MR) is 86.4 cm³/mol. The topological polar surface area (TPSA) is 152 Å². The van der Waals surface area contributed by atoms with E-state index in [-0.39, 0.29) is 12.7 Å².